The minimum Gasteiger partial charge on any atom is -0.395 e. The van der Waals surface area contributed by atoms with Crippen LogP contribution in [-0.2, 0) is 20.8 Å². The summed E-state index contributed by atoms with van der Waals surface area (Å²) in [6, 6.07) is 12.5. The van der Waals surface area contributed by atoms with E-state index >= 15 is 0 Å². The van der Waals surface area contributed by atoms with Gasteiger partial charge in [-0.1, -0.05) is 25.0 Å². The summed E-state index contributed by atoms with van der Waals surface area (Å²) in [5.74, 6) is -1.16. The van der Waals surface area contributed by atoms with Gasteiger partial charge < -0.3 is 15.3 Å². The number of carbonyl (C=O) groups excluding carboxylic acids is 3. The molecule has 2 aromatic rings. The Labute approximate surface area is 192 Å². The van der Waals surface area contributed by atoms with Crippen molar-refractivity contribution in [2.24, 2.45) is 0 Å². The number of halogens is 1. The number of hydrogen-bond donors (Lipinski definition) is 4. The molecule has 0 saturated carbocycles. The van der Waals surface area contributed by atoms with Crippen LogP contribution in [-0.4, -0.2) is 41.2 Å². The van der Waals surface area contributed by atoms with E-state index in [1.54, 1.807) is 29.7 Å². The van der Waals surface area contributed by atoms with Gasteiger partial charge in [0.25, 0.3) is 0 Å². The Hall–Kier alpha value is -3.30. The van der Waals surface area contributed by atoms with Crippen molar-refractivity contribution >= 4 is 29.1 Å². The van der Waals surface area contributed by atoms with E-state index in [4.69, 9.17) is 5.21 Å². The van der Waals surface area contributed by atoms with Crippen LogP contribution < -0.4 is 15.7 Å². The second-order valence-electron chi connectivity index (χ2n) is 7.62. The summed E-state index contributed by atoms with van der Waals surface area (Å²) >= 11 is 0. The number of amides is 3. The van der Waals surface area contributed by atoms with Crippen LogP contribution in [0.4, 0.5) is 15.8 Å². The van der Waals surface area contributed by atoms with E-state index in [-0.39, 0.29) is 37.8 Å². The largest absolute Gasteiger partial charge is 0.395 e. The minimum atomic E-state index is -0.408. The zero-order chi connectivity index (χ0) is 24.1. The highest BCUT2D eigenvalue weighted by molar-refractivity contribution is 5.95. The Balaban J connectivity index is 1.79. The van der Waals surface area contributed by atoms with E-state index in [0.717, 1.165) is 18.4 Å². The molecule has 8 nitrogen and oxygen atoms in total. The average molecular weight is 460 g/mol. The molecule has 4 N–H and O–H groups in total. The maximum absolute atomic E-state index is 13.2. The van der Waals surface area contributed by atoms with Gasteiger partial charge in [0.2, 0.25) is 17.7 Å². The molecule has 0 aliphatic heterocycles. The third-order valence-corrected chi connectivity index (χ3v) is 5.04. The molecule has 33 heavy (non-hydrogen) atoms. The van der Waals surface area contributed by atoms with E-state index in [1.165, 1.54) is 29.2 Å². The molecule has 0 bridgehead atoms. The number of nitrogens with zero attached hydrogens (tertiary/aromatic N) is 1. The van der Waals surface area contributed by atoms with Gasteiger partial charge in [-0.3, -0.25) is 19.6 Å². The first-order valence-electron chi connectivity index (χ1n) is 10.9. The van der Waals surface area contributed by atoms with Gasteiger partial charge in [-0.25, -0.2) is 9.87 Å². The lowest BCUT2D eigenvalue weighted by Gasteiger charge is -2.22. The molecule has 178 valence electrons. The van der Waals surface area contributed by atoms with Crippen molar-refractivity contribution < 1.29 is 29.1 Å². The molecule has 9 heteroatoms. The predicted octanol–water partition coefficient (Wildman–Crippen LogP) is 3.18. The second-order valence-corrected chi connectivity index (χ2v) is 7.62. The minimum absolute atomic E-state index is 0.0971. The smallest absolute Gasteiger partial charge is 0.243 e. The zero-order valence-electron chi connectivity index (χ0n) is 18.4. The molecule has 0 fully saturated rings. The molecule has 0 heterocycles. The van der Waals surface area contributed by atoms with Crippen LogP contribution in [0, 0.1) is 5.82 Å². The van der Waals surface area contributed by atoms with Crippen molar-refractivity contribution in [3.8, 4) is 0 Å². The van der Waals surface area contributed by atoms with Gasteiger partial charge in [0, 0.05) is 30.8 Å². The molecule has 0 unspecified atom stereocenters. The van der Waals surface area contributed by atoms with Crippen molar-refractivity contribution in [1.82, 2.24) is 5.48 Å². The van der Waals surface area contributed by atoms with Crippen molar-refractivity contribution in [1.29, 1.82) is 0 Å². The number of aliphatic hydroxyl groups is 1. The fourth-order valence-electron chi connectivity index (χ4n) is 3.30. The maximum Gasteiger partial charge on any atom is 0.243 e. The van der Waals surface area contributed by atoms with Gasteiger partial charge in [-0.05, 0) is 54.8 Å². The maximum atomic E-state index is 13.2. The fraction of sp³-hybridized carbons (Fsp3) is 0.375. The Bertz CT molecular complexity index is 903. The van der Waals surface area contributed by atoms with Crippen LogP contribution in [0.15, 0.2) is 48.5 Å². The topological polar surface area (TPSA) is 119 Å². The summed E-state index contributed by atoms with van der Waals surface area (Å²) in [5, 5.41) is 20.5. The molecular formula is C24H30FN3O5. The lowest BCUT2D eigenvalue weighted by Crippen LogP contribution is -2.34. The molecule has 0 aliphatic rings. The van der Waals surface area contributed by atoms with Crippen LogP contribution in [0.25, 0.3) is 0 Å². The molecule has 3 amide bonds. The Morgan fingerprint density at radius 1 is 0.848 bits per heavy atom. The first-order chi connectivity index (χ1) is 15.9. The van der Waals surface area contributed by atoms with Gasteiger partial charge in [-0.15, -0.1) is 0 Å². The Kier molecular flexibility index (Phi) is 11.0. The molecule has 2 aromatic carbocycles. The summed E-state index contributed by atoms with van der Waals surface area (Å²) in [6.45, 7) is -0.112. The molecule has 0 aromatic heterocycles. The Morgan fingerprint density at radius 3 is 2.03 bits per heavy atom. The summed E-state index contributed by atoms with van der Waals surface area (Å²) in [5.41, 5.74) is 3.47. The van der Waals surface area contributed by atoms with Gasteiger partial charge >= 0.3 is 0 Å². The number of benzene rings is 2. The molecule has 0 spiro atoms. The molecule has 0 atom stereocenters. The third-order valence-electron chi connectivity index (χ3n) is 5.04. The van der Waals surface area contributed by atoms with Crippen molar-refractivity contribution in [3.63, 3.8) is 0 Å². The number of hydrogen-bond acceptors (Lipinski definition) is 5. The first kappa shape index (κ1) is 26.0. The van der Waals surface area contributed by atoms with E-state index in [0.29, 0.717) is 30.6 Å². The lowest BCUT2D eigenvalue weighted by atomic mass is 10.1. The van der Waals surface area contributed by atoms with Crippen molar-refractivity contribution in [3.05, 3.63) is 59.9 Å². The normalized spacial score (nSPS) is 10.5. The van der Waals surface area contributed by atoms with Crippen LogP contribution in [0.2, 0.25) is 0 Å². The van der Waals surface area contributed by atoms with Gasteiger partial charge in [0.05, 0.1) is 13.0 Å². The van der Waals surface area contributed by atoms with E-state index < -0.39 is 11.7 Å². The van der Waals surface area contributed by atoms with Crippen LogP contribution in [0.3, 0.4) is 0 Å². The summed E-state index contributed by atoms with van der Waals surface area (Å²) in [6.07, 6.45) is 3.69. The third kappa shape index (κ3) is 9.38. The van der Waals surface area contributed by atoms with Gasteiger partial charge in [-0.2, -0.15) is 0 Å². The van der Waals surface area contributed by atoms with Crippen LogP contribution >= 0.6 is 0 Å². The van der Waals surface area contributed by atoms with Gasteiger partial charge in [0.1, 0.15) is 5.82 Å². The summed E-state index contributed by atoms with van der Waals surface area (Å²) in [7, 11) is 0. The lowest BCUT2D eigenvalue weighted by molar-refractivity contribution is -0.129. The average Bonchev–Trinajstić information content (AvgIpc) is 2.81. The highest BCUT2D eigenvalue weighted by atomic mass is 19.1. The zero-order valence-corrected chi connectivity index (χ0v) is 18.4. The number of rotatable bonds is 13. The van der Waals surface area contributed by atoms with E-state index in [1.807, 2.05) is 0 Å². The molecule has 2 rings (SSSR count). The molecule has 0 radical (unpaired) electrons. The van der Waals surface area contributed by atoms with Gasteiger partial charge in [0.15, 0.2) is 0 Å². The number of anilines is 2. The number of hydroxylamine groups is 1. The van der Waals surface area contributed by atoms with Crippen molar-refractivity contribution in [2.45, 2.75) is 44.9 Å². The second kappa shape index (κ2) is 14.0. The quantitative estimate of drug-likeness (QED) is 0.208. The first-order valence-corrected chi connectivity index (χ1v) is 10.9. The monoisotopic (exact) mass is 459 g/mol. The SMILES string of the molecule is O=C(CCCCCCC(=O)Nc1ccc(CC(=O)N(CCO)c2ccc(F)cc2)cc1)NO. The van der Waals surface area contributed by atoms with E-state index in [2.05, 4.69) is 5.32 Å². The number of carbonyl (C=O) groups is 3. The molecular weight excluding hydrogens is 429 g/mol. The molecule has 0 aliphatic carbocycles. The predicted molar refractivity (Wildman–Crippen MR) is 122 cm³/mol. The highest BCUT2D eigenvalue weighted by Gasteiger charge is 2.16. The number of nitrogens with one attached hydrogen (secondary N) is 2. The number of unbranched alkanes of at least 4 members (excludes halogenated alkanes) is 3. The Morgan fingerprint density at radius 2 is 1.45 bits per heavy atom. The highest BCUT2D eigenvalue weighted by Crippen LogP contribution is 2.18. The van der Waals surface area contributed by atoms with E-state index in [9.17, 15) is 23.9 Å². The summed E-state index contributed by atoms with van der Waals surface area (Å²) < 4.78 is 13.2. The fourth-order valence-corrected chi connectivity index (χ4v) is 3.30. The van der Waals surface area contributed by atoms with Crippen molar-refractivity contribution in [2.75, 3.05) is 23.4 Å². The summed E-state index contributed by atoms with van der Waals surface area (Å²) in [4.78, 5) is 37.1. The standard InChI is InChI=1S/C24H30FN3O5/c25-19-9-13-21(14-10-19)28(15-16-29)24(32)17-18-7-11-20(12-8-18)26-22(30)5-3-1-2-4-6-23(31)27-33/h7-14,29,33H,1-6,15-17H2,(H,26,30)(H,27,31). The molecule has 0 saturated heterocycles. The number of aliphatic hydroxyl groups excluding tert-OH is 1. The van der Waals surface area contributed by atoms with Crippen LogP contribution in [0.5, 0.6) is 0 Å². The van der Waals surface area contributed by atoms with Crippen LogP contribution in [0.1, 0.15) is 44.1 Å².